The molecular formula is C15H10ClFN2O3S. The predicted octanol–water partition coefficient (Wildman–Crippen LogP) is 4.51. The number of thiophene rings is 1. The molecule has 118 valence electrons. The van der Waals surface area contributed by atoms with Gasteiger partial charge in [0.15, 0.2) is 6.10 Å². The summed E-state index contributed by atoms with van der Waals surface area (Å²) in [6.07, 6.45) is -0.718. The molecule has 0 aliphatic carbocycles. The molecule has 0 saturated heterocycles. The van der Waals surface area contributed by atoms with Gasteiger partial charge in [0.25, 0.3) is 5.89 Å². The molecule has 0 amide bonds. The smallest absolute Gasteiger partial charge is 0.349 e. The van der Waals surface area contributed by atoms with Crippen molar-refractivity contribution in [2.24, 2.45) is 0 Å². The molecule has 0 aliphatic heterocycles. The molecule has 3 rings (SSSR count). The van der Waals surface area contributed by atoms with Crippen molar-refractivity contribution in [1.82, 2.24) is 10.2 Å². The Bertz CT molecular complexity index is 831. The SMILES string of the molecule is C[C@H](OC(=O)c1ccc(Cl)s1)c1nnc(-c2ccc(F)cc2)o1. The fourth-order valence-corrected chi connectivity index (χ4v) is 2.73. The van der Waals surface area contributed by atoms with E-state index in [1.54, 1.807) is 19.1 Å². The lowest BCUT2D eigenvalue weighted by atomic mass is 10.2. The zero-order valence-corrected chi connectivity index (χ0v) is 13.4. The Balaban J connectivity index is 1.72. The van der Waals surface area contributed by atoms with Crippen molar-refractivity contribution < 1.29 is 18.3 Å². The van der Waals surface area contributed by atoms with E-state index in [1.165, 1.54) is 24.3 Å². The fourth-order valence-electron chi connectivity index (χ4n) is 1.80. The number of nitrogens with zero attached hydrogens (tertiary/aromatic N) is 2. The minimum atomic E-state index is -0.718. The second-order valence-electron chi connectivity index (χ2n) is 4.60. The van der Waals surface area contributed by atoms with E-state index in [4.69, 9.17) is 20.8 Å². The summed E-state index contributed by atoms with van der Waals surface area (Å²) in [6, 6.07) is 8.84. The topological polar surface area (TPSA) is 65.2 Å². The molecule has 0 bridgehead atoms. The summed E-state index contributed by atoms with van der Waals surface area (Å²) in [5.41, 5.74) is 0.578. The highest BCUT2D eigenvalue weighted by molar-refractivity contribution is 7.17. The van der Waals surface area contributed by atoms with E-state index in [9.17, 15) is 9.18 Å². The summed E-state index contributed by atoms with van der Waals surface area (Å²) >= 11 is 6.91. The van der Waals surface area contributed by atoms with Crippen molar-refractivity contribution in [3.63, 3.8) is 0 Å². The lowest BCUT2D eigenvalue weighted by Gasteiger charge is -2.07. The number of halogens is 2. The molecule has 0 N–H and O–H groups in total. The Kier molecular flexibility index (Phi) is 4.40. The van der Waals surface area contributed by atoms with Gasteiger partial charge >= 0.3 is 5.97 Å². The molecule has 0 unspecified atom stereocenters. The Morgan fingerprint density at radius 3 is 2.65 bits per heavy atom. The van der Waals surface area contributed by atoms with Crippen LogP contribution in [0.2, 0.25) is 4.34 Å². The summed E-state index contributed by atoms with van der Waals surface area (Å²) in [5.74, 6) is -0.497. The Morgan fingerprint density at radius 2 is 2.00 bits per heavy atom. The maximum atomic E-state index is 12.9. The molecule has 1 aromatic carbocycles. The van der Waals surface area contributed by atoms with Crippen molar-refractivity contribution in [2.45, 2.75) is 13.0 Å². The maximum Gasteiger partial charge on any atom is 0.349 e. The molecule has 0 spiro atoms. The van der Waals surface area contributed by atoms with Gasteiger partial charge < -0.3 is 9.15 Å². The molecule has 0 radical (unpaired) electrons. The fraction of sp³-hybridized carbons (Fsp3) is 0.133. The third-order valence-electron chi connectivity index (χ3n) is 2.94. The number of aromatic nitrogens is 2. The van der Waals surface area contributed by atoms with E-state index in [-0.39, 0.29) is 17.6 Å². The van der Waals surface area contributed by atoms with Crippen LogP contribution in [0.5, 0.6) is 0 Å². The Hall–Kier alpha value is -2.25. The van der Waals surface area contributed by atoms with Gasteiger partial charge in [-0.1, -0.05) is 11.6 Å². The predicted molar refractivity (Wildman–Crippen MR) is 82.9 cm³/mol. The first-order valence-corrected chi connectivity index (χ1v) is 7.78. The lowest BCUT2D eigenvalue weighted by Crippen LogP contribution is -2.08. The van der Waals surface area contributed by atoms with E-state index in [0.717, 1.165) is 11.3 Å². The third kappa shape index (κ3) is 3.57. The molecule has 0 aliphatic rings. The average Bonchev–Trinajstić information content (AvgIpc) is 3.17. The van der Waals surface area contributed by atoms with Gasteiger partial charge in [0, 0.05) is 5.56 Å². The number of esters is 1. The van der Waals surface area contributed by atoms with E-state index >= 15 is 0 Å². The minimum Gasteiger partial charge on any atom is -0.448 e. The van der Waals surface area contributed by atoms with Crippen molar-refractivity contribution in [3.05, 3.63) is 57.3 Å². The van der Waals surface area contributed by atoms with Crippen LogP contribution in [0.25, 0.3) is 11.5 Å². The summed E-state index contributed by atoms with van der Waals surface area (Å²) < 4.78 is 24.1. The van der Waals surface area contributed by atoms with Crippen LogP contribution in [0.3, 0.4) is 0 Å². The van der Waals surface area contributed by atoms with Crippen LogP contribution in [0.1, 0.15) is 28.6 Å². The summed E-state index contributed by atoms with van der Waals surface area (Å²) in [6.45, 7) is 1.62. The first kappa shape index (κ1) is 15.6. The van der Waals surface area contributed by atoms with E-state index in [0.29, 0.717) is 14.8 Å². The van der Waals surface area contributed by atoms with Gasteiger partial charge in [-0.2, -0.15) is 0 Å². The second-order valence-corrected chi connectivity index (χ2v) is 6.32. The van der Waals surface area contributed by atoms with Gasteiger partial charge in [0.2, 0.25) is 5.89 Å². The van der Waals surface area contributed by atoms with Crippen LogP contribution < -0.4 is 0 Å². The summed E-state index contributed by atoms with van der Waals surface area (Å²) in [4.78, 5) is 12.3. The molecule has 23 heavy (non-hydrogen) atoms. The zero-order chi connectivity index (χ0) is 16.4. The van der Waals surface area contributed by atoms with Crippen LogP contribution in [-0.4, -0.2) is 16.2 Å². The largest absolute Gasteiger partial charge is 0.448 e. The number of carbonyl (C=O) groups excluding carboxylic acids is 1. The maximum absolute atomic E-state index is 12.9. The molecule has 1 atom stereocenters. The van der Waals surface area contributed by atoms with Crippen LogP contribution in [-0.2, 0) is 4.74 Å². The summed E-state index contributed by atoms with van der Waals surface area (Å²) in [5, 5.41) is 7.73. The molecular weight excluding hydrogens is 343 g/mol. The number of carbonyl (C=O) groups is 1. The molecule has 0 saturated carbocycles. The van der Waals surface area contributed by atoms with Gasteiger partial charge in [-0.15, -0.1) is 21.5 Å². The van der Waals surface area contributed by atoms with Gasteiger partial charge in [-0.05, 0) is 43.3 Å². The van der Waals surface area contributed by atoms with Crippen molar-refractivity contribution in [3.8, 4) is 11.5 Å². The van der Waals surface area contributed by atoms with Crippen LogP contribution in [0.15, 0.2) is 40.8 Å². The van der Waals surface area contributed by atoms with Crippen LogP contribution >= 0.6 is 22.9 Å². The van der Waals surface area contributed by atoms with E-state index < -0.39 is 12.1 Å². The highest BCUT2D eigenvalue weighted by Gasteiger charge is 2.20. The first-order chi connectivity index (χ1) is 11.0. The van der Waals surface area contributed by atoms with Crippen molar-refractivity contribution in [2.75, 3.05) is 0 Å². The van der Waals surface area contributed by atoms with Crippen LogP contribution in [0.4, 0.5) is 4.39 Å². The first-order valence-electron chi connectivity index (χ1n) is 6.58. The van der Waals surface area contributed by atoms with Crippen LogP contribution in [0, 0.1) is 5.82 Å². The Morgan fingerprint density at radius 1 is 1.26 bits per heavy atom. The van der Waals surface area contributed by atoms with Gasteiger partial charge in [0.1, 0.15) is 10.7 Å². The molecule has 2 aromatic heterocycles. The number of hydrogen-bond donors (Lipinski definition) is 0. The average molecular weight is 353 g/mol. The standard InChI is InChI=1S/C15H10ClFN2O3S/c1-8(21-15(20)11-6-7-12(16)23-11)13-18-19-14(22-13)9-2-4-10(17)5-3-9/h2-8H,1H3/t8-/m0/s1. The molecule has 0 fully saturated rings. The number of ether oxygens (including phenoxy) is 1. The lowest BCUT2D eigenvalue weighted by molar-refractivity contribution is 0.0285. The number of benzene rings is 1. The van der Waals surface area contributed by atoms with Gasteiger partial charge in [-0.3, -0.25) is 0 Å². The quantitative estimate of drug-likeness (QED) is 0.646. The minimum absolute atomic E-state index is 0.153. The molecule has 3 aromatic rings. The van der Waals surface area contributed by atoms with Gasteiger partial charge in [-0.25, -0.2) is 9.18 Å². The number of rotatable bonds is 4. The van der Waals surface area contributed by atoms with E-state index in [1.807, 2.05) is 0 Å². The molecule has 8 heteroatoms. The molecule has 2 heterocycles. The van der Waals surface area contributed by atoms with Crippen molar-refractivity contribution >= 4 is 28.9 Å². The van der Waals surface area contributed by atoms with Gasteiger partial charge in [0.05, 0.1) is 4.34 Å². The molecule has 5 nitrogen and oxygen atoms in total. The summed E-state index contributed by atoms with van der Waals surface area (Å²) in [7, 11) is 0. The monoisotopic (exact) mass is 352 g/mol. The van der Waals surface area contributed by atoms with E-state index in [2.05, 4.69) is 10.2 Å². The van der Waals surface area contributed by atoms with Crippen molar-refractivity contribution in [1.29, 1.82) is 0 Å². The zero-order valence-electron chi connectivity index (χ0n) is 11.8. The highest BCUT2D eigenvalue weighted by atomic mass is 35.5. The second kappa shape index (κ2) is 6.47. The Labute approximate surface area is 139 Å². The highest BCUT2D eigenvalue weighted by Crippen LogP contribution is 2.26. The third-order valence-corrected chi connectivity index (χ3v) is 4.15. The normalized spacial score (nSPS) is 12.1. The number of hydrogen-bond acceptors (Lipinski definition) is 6.